The van der Waals surface area contributed by atoms with Crippen LogP contribution in [-0.4, -0.2) is 31.1 Å². The highest BCUT2D eigenvalue weighted by molar-refractivity contribution is 5.84. The molecule has 0 fully saturated rings. The van der Waals surface area contributed by atoms with E-state index in [4.69, 9.17) is 9.47 Å². The molecule has 6 rings (SSSR count). The molecule has 5 aromatic rings. The Morgan fingerprint density at radius 2 is 1.26 bits per heavy atom. The zero-order valence-corrected chi connectivity index (χ0v) is 24.5. The number of fused-ring (bicyclic) bond motifs is 1. The minimum absolute atomic E-state index is 0.0185. The van der Waals surface area contributed by atoms with Gasteiger partial charge in [0, 0.05) is 6.54 Å². The van der Waals surface area contributed by atoms with Gasteiger partial charge in [0.1, 0.15) is 0 Å². The highest BCUT2D eigenvalue weighted by Crippen LogP contribution is 2.43. The molecule has 0 saturated carbocycles. The van der Waals surface area contributed by atoms with Crippen LogP contribution in [0.4, 0.5) is 0 Å². The van der Waals surface area contributed by atoms with Crippen molar-refractivity contribution in [2.24, 2.45) is 0 Å². The van der Waals surface area contributed by atoms with Crippen LogP contribution in [0.5, 0.6) is 11.5 Å². The first-order chi connectivity index (χ1) is 21.2. The van der Waals surface area contributed by atoms with Crippen LogP contribution in [0.2, 0.25) is 0 Å². The average Bonchev–Trinajstić information content (AvgIpc) is 3.07. The summed E-state index contributed by atoms with van der Waals surface area (Å²) in [5.41, 5.74) is 6.54. The number of carbonyl (C=O) groups excluding carboxylic acids is 1. The number of rotatable bonds is 9. The monoisotopic (exact) mass is 568 g/mol. The van der Waals surface area contributed by atoms with Crippen LogP contribution in [0.3, 0.4) is 0 Å². The number of carbonyl (C=O) groups is 1. The summed E-state index contributed by atoms with van der Waals surface area (Å²) in [4.78, 5) is 16.9. The molecule has 5 nitrogen and oxygen atoms in total. The maximum atomic E-state index is 14.6. The Hall–Kier alpha value is -4.87. The molecule has 5 heteroatoms. The van der Waals surface area contributed by atoms with E-state index in [1.165, 1.54) is 0 Å². The predicted molar refractivity (Wildman–Crippen MR) is 170 cm³/mol. The van der Waals surface area contributed by atoms with E-state index in [-0.39, 0.29) is 18.0 Å². The Balaban J connectivity index is 1.47. The number of nitrogens with zero attached hydrogens (tertiary/aromatic N) is 1. The number of nitrogens with one attached hydrogen (secondary N) is 1. The van der Waals surface area contributed by atoms with Crippen molar-refractivity contribution < 1.29 is 14.3 Å². The van der Waals surface area contributed by atoms with Gasteiger partial charge >= 0.3 is 0 Å². The molecule has 1 N–H and O–H groups in total. The topological polar surface area (TPSA) is 50.8 Å². The third-order valence-electron chi connectivity index (χ3n) is 8.26. The number of amides is 1. The summed E-state index contributed by atoms with van der Waals surface area (Å²) in [5, 5.41) is 3.45. The third kappa shape index (κ3) is 6.04. The van der Waals surface area contributed by atoms with E-state index in [0.717, 1.165) is 33.4 Å². The predicted octanol–water partition coefficient (Wildman–Crippen LogP) is 7.13. The van der Waals surface area contributed by atoms with Gasteiger partial charge in [0.2, 0.25) is 5.91 Å². The lowest BCUT2D eigenvalue weighted by molar-refractivity contribution is -0.128. The van der Waals surface area contributed by atoms with Crippen molar-refractivity contribution in [3.05, 3.63) is 167 Å². The van der Waals surface area contributed by atoms with Crippen molar-refractivity contribution in [2.75, 3.05) is 14.2 Å². The molecule has 0 radical (unpaired) electrons. The number of hydrogen-bond acceptors (Lipinski definition) is 4. The normalized spacial score (nSPS) is 16.3. The molecule has 0 aliphatic carbocycles. The highest BCUT2D eigenvalue weighted by Gasteiger charge is 2.40. The van der Waals surface area contributed by atoms with E-state index < -0.39 is 6.04 Å². The summed E-state index contributed by atoms with van der Waals surface area (Å²) in [6, 6.07) is 44.3. The van der Waals surface area contributed by atoms with Gasteiger partial charge in [0.05, 0.1) is 32.3 Å². The molecule has 1 aliphatic heterocycles. The van der Waals surface area contributed by atoms with Gasteiger partial charge in [-0.2, -0.15) is 0 Å². The SMILES string of the molecule is COc1cc2c(cc1OC)[C@H](c1ccccc1)N(Cc1ccccc1)[C@H](C(=O)NC(c1ccccc1)c1ccccc1)C2. The minimum atomic E-state index is -0.439. The van der Waals surface area contributed by atoms with Gasteiger partial charge in [-0.05, 0) is 51.9 Å². The standard InChI is InChI=1S/C38H36N2O3/c1-42-34-24-31-23-33(38(41)39-36(28-17-9-4-10-18-28)29-19-11-5-12-20-29)40(26-27-15-7-3-8-16-27)37(30-21-13-6-14-22-30)32(31)25-35(34)43-2/h3-22,24-25,33,36-37H,23,26H2,1-2H3,(H,39,41)/t33-,37-/m0/s1. The fraction of sp³-hybridized carbons (Fsp3) is 0.184. The van der Waals surface area contributed by atoms with Crippen molar-refractivity contribution >= 4 is 5.91 Å². The first kappa shape index (κ1) is 28.3. The second kappa shape index (κ2) is 13.0. The Morgan fingerprint density at radius 1 is 0.744 bits per heavy atom. The molecule has 0 bridgehead atoms. The molecular weight excluding hydrogens is 532 g/mol. The van der Waals surface area contributed by atoms with Gasteiger partial charge < -0.3 is 14.8 Å². The molecule has 0 unspecified atom stereocenters. The van der Waals surface area contributed by atoms with Gasteiger partial charge in [-0.1, -0.05) is 121 Å². The van der Waals surface area contributed by atoms with Crippen molar-refractivity contribution in [1.29, 1.82) is 0 Å². The summed E-state index contributed by atoms with van der Waals surface area (Å²) in [6.07, 6.45) is 0.536. The van der Waals surface area contributed by atoms with Crippen LogP contribution in [0.25, 0.3) is 0 Å². The number of ether oxygens (including phenoxy) is 2. The molecule has 0 spiro atoms. The van der Waals surface area contributed by atoms with Gasteiger partial charge in [-0.15, -0.1) is 0 Å². The summed E-state index contributed by atoms with van der Waals surface area (Å²) in [7, 11) is 3.31. The van der Waals surface area contributed by atoms with E-state index in [0.29, 0.717) is 24.5 Å². The van der Waals surface area contributed by atoms with Crippen LogP contribution < -0.4 is 14.8 Å². The zero-order chi connectivity index (χ0) is 29.6. The van der Waals surface area contributed by atoms with Crippen LogP contribution in [0.15, 0.2) is 133 Å². The lowest BCUT2D eigenvalue weighted by Gasteiger charge is -2.43. The van der Waals surface area contributed by atoms with Gasteiger partial charge in [-0.3, -0.25) is 9.69 Å². The highest BCUT2D eigenvalue weighted by atomic mass is 16.5. The lowest BCUT2D eigenvalue weighted by atomic mass is 9.83. The summed E-state index contributed by atoms with van der Waals surface area (Å²) >= 11 is 0. The molecule has 5 aromatic carbocycles. The van der Waals surface area contributed by atoms with Crippen LogP contribution >= 0.6 is 0 Å². The second-order valence-corrected chi connectivity index (χ2v) is 10.9. The Bertz CT molecular complexity index is 1600. The van der Waals surface area contributed by atoms with Crippen LogP contribution in [0, 0.1) is 0 Å². The molecule has 2 atom stereocenters. The first-order valence-corrected chi connectivity index (χ1v) is 14.7. The Kier molecular flexibility index (Phi) is 8.52. The molecule has 216 valence electrons. The van der Waals surface area contributed by atoms with Gasteiger partial charge in [0.25, 0.3) is 0 Å². The van der Waals surface area contributed by atoms with Crippen molar-refractivity contribution in [3.63, 3.8) is 0 Å². The van der Waals surface area contributed by atoms with Gasteiger partial charge in [0.15, 0.2) is 11.5 Å². The quantitative estimate of drug-likeness (QED) is 0.206. The molecule has 1 aliphatic rings. The molecular formula is C38H36N2O3. The van der Waals surface area contributed by atoms with Crippen molar-refractivity contribution in [1.82, 2.24) is 10.2 Å². The van der Waals surface area contributed by atoms with Crippen LogP contribution in [-0.2, 0) is 17.8 Å². The van der Waals surface area contributed by atoms with E-state index in [1.807, 2.05) is 54.6 Å². The molecule has 0 aromatic heterocycles. The summed E-state index contributed by atoms with van der Waals surface area (Å²) < 4.78 is 11.4. The lowest BCUT2D eigenvalue weighted by Crippen LogP contribution is -2.52. The molecule has 1 heterocycles. The zero-order valence-electron chi connectivity index (χ0n) is 24.5. The maximum absolute atomic E-state index is 14.6. The molecule has 0 saturated heterocycles. The largest absolute Gasteiger partial charge is 0.493 e. The van der Waals surface area contributed by atoms with E-state index in [9.17, 15) is 4.79 Å². The van der Waals surface area contributed by atoms with Crippen molar-refractivity contribution in [2.45, 2.75) is 31.1 Å². The third-order valence-corrected chi connectivity index (χ3v) is 8.26. The van der Waals surface area contributed by atoms with Gasteiger partial charge in [-0.25, -0.2) is 0 Å². The van der Waals surface area contributed by atoms with E-state index in [2.05, 4.69) is 89.1 Å². The average molecular weight is 569 g/mol. The van der Waals surface area contributed by atoms with E-state index >= 15 is 0 Å². The molecule has 1 amide bonds. The first-order valence-electron chi connectivity index (χ1n) is 14.7. The maximum Gasteiger partial charge on any atom is 0.238 e. The van der Waals surface area contributed by atoms with Crippen molar-refractivity contribution in [3.8, 4) is 11.5 Å². The number of benzene rings is 5. The Labute approximate surface area is 253 Å². The Morgan fingerprint density at radius 3 is 1.81 bits per heavy atom. The number of methoxy groups -OCH3 is 2. The summed E-state index contributed by atoms with van der Waals surface area (Å²) in [6.45, 7) is 0.605. The fourth-order valence-corrected chi connectivity index (χ4v) is 6.19. The second-order valence-electron chi connectivity index (χ2n) is 10.9. The smallest absolute Gasteiger partial charge is 0.238 e. The minimum Gasteiger partial charge on any atom is -0.493 e. The molecule has 43 heavy (non-hydrogen) atoms. The number of hydrogen-bond donors (Lipinski definition) is 1. The summed E-state index contributed by atoms with van der Waals surface area (Å²) in [5.74, 6) is 1.32. The van der Waals surface area contributed by atoms with Crippen LogP contribution in [0.1, 0.15) is 45.5 Å². The fourth-order valence-electron chi connectivity index (χ4n) is 6.19. The van der Waals surface area contributed by atoms with E-state index in [1.54, 1.807) is 14.2 Å².